The van der Waals surface area contributed by atoms with Gasteiger partial charge < -0.3 is 19.5 Å². The summed E-state index contributed by atoms with van der Waals surface area (Å²) in [7, 11) is 1.24. The molecule has 9 heteroatoms. The zero-order valence-corrected chi connectivity index (χ0v) is 15.8. The molecule has 1 amide bonds. The van der Waals surface area contributed by atoms with Gasteiger partial charge in [0.15, 0.2) is 18.1 Å². The molecule has 28 heavy (non-hydrogen) atoms. The van der Waals surface area contributed by atoms with Crippen LogP contribution in [0.4, 0.5) is 8.78 Å². The summed E-state index contributed by atoms with van der Waals surface area (Å²) in [5.41, 5.74) is 0.744. The standard InChI is InChI=1S/C19H18ClF2NO5/c1-11(13-5-3-4-6-14(13)20)23-17(24)10-27-18(25)12-7-8-15(28-19(21)22)16(9-12)26-2/h3-9,11,19H,10H2,1-2H3,(H,23,24)/t11-/m0/s1. The first kappa shape index (κ1) is 21.4. The molecular weight excluding hydrogens is 396 g/mol. The fraction of sp³-hybridized carbons (Fsp3) is 0.263. The normalized spacial score (nSPS) is 11.6. The molecule has 0 spiro atoms. The molecule has 0 aliphatic carbocycles. The molecule has 0 saturated heterocycles. The smallest absolute Gasteiger partial charge is 0.387 e. The molecule has 150 valence electrons. The van der Waals surface area contributed by atoms with Crippen molar-refractivity contribution in [2.24, 2.45) is 0 Å². The van der Waals surface area contributed by atoms with Gasteiger partial charge in [0, 0.05) is 5.02 Å². The lowest BCUT2D eigenvalue weighted by atomic mass is 10.1. The Morgan fingerprint density at radius 3 is 2.50 bits per heavy atom. The predicted molar refractivity (Wildman–Crippen MR) is 97.9 cm³/mol. The van der Waals surface area contributed by atoms with E-state index in [-0.39, 0.29) is 23.1 Å². The molecule has 0 bridgehead atoms. The molecule has 0 heterocycles. The number of methoxy groups -OCH3 is 1. The molecule has 0 aliphatic heterocycles. The Morgan fingerprint density at radius 1 is 1.14 bits per heavy atom. The molecule has 6 nitrogen and oxygen atoms in total. The molecule has 1 N–H and O–H groups in total. The highest BCUT2D eigenvalue weighted by Gasteiger charge is 2.17. The Bertz CT molecular complexity index is 847. The monoisotopic (exact) mass is 413 g/mol. The summed E-state index contributed by atoms with van der Waals surface area (Å²) in [6, 6.07) is 10.2. The van der Waals surface area contributed by atoms with Crippen LogP contribution in [0.2, 0.25) is 5.02 Å². The van der Waals surface area contributed by atoms with Gasteiger partial charge in [-0.05, 0) is 36.8 Å². The Balaban J connectivity index is 1.94. The minimum atomic E-state index is -3.03. The van der Waals surface area contributed by atoms with Crippen LogP contribution in [0, 0.1) is 0 Å². The van der Waals surface area contributed by atoms with E-state index >= 15 is 0 Å². The van der Waals surface area contributed by atoms with Crippen LogP contribution in [-0.2, 0) is 9.53 Å². The van der Waals surface area contributed by atoms with E-state index in [9.17, 15) is 18.4 Å². The molecule has 0 fully saturated rings. The number of ether oxygens (including phenoxy) is 3. The van der Waals surface area contributed by atoms with Crippen molar-refractivity contribution in [3.63, 3.8) is 0 Å². The minimum absolute atomic E-state index is 0.0189. The van der Waals surface area contributed by atoms with E-state index in [0.717, 1.165) is 11.6 Å². The number of benzene rings is 2. The van der Waals surface area contributed by atoms with Crippen LogP contribution in [0.15, 0.2) is 42.5 Å². The number of amides is 1. The molecule has 0 saturated carbocycles. The zero-order chi connectivity index (χ0) is 20.7. The summed E-state index contributed by atoms with van der Waals surface area (Å²) < 4.78 is 38.8. The van der Waals surface area contributed by atoms with Crippen LogP contribution in [0.1, 0.15) is 28.9 Å². The van der Waals surface area contributed by atoms with E-state index in [2.05, 4.69) is 10.1 Å². The Labute approximate surface area is 165 Å². The van der Waals surface area contributed by atoms with Gasteiger partial charge in [0.1, 0.15) is 0 Å². The van der Waals surface area contributed by atoms with E-state index in [0.29, 0.717) is 5.02 Å². The molecule has 2 aromatic carbocycles. The van der Waals surface area contributed by atoms with Gasteiger partial charge in [-0.3, -0.25) is 4.79 Å². The lowest BCUT2D eigenvalue weighted by Crippen LogP contribution is -2.31. The Hall–Kier alpha value is -2.87. The molecule has 2 rings (SSSR count). The average Bonchev–Trinajstić information content (AvgIpc) is 2.66. The molecule has 0 unspecified atom stereocenters. The van der Waals surface area contributed by atoms with Gasteiger partial charge in [0.2, 0.25) is 0 Å². The van der Waals surface area contributed by atoms with Gasteiger partial charge in [-0.15, -0.1) is 0 Å². The van der Waals surface area contributed by atoms with Gasteiger partial charge in [-0.2, -0.15) is 8.78 Å². The van der Waals surface area contributed by atoms with Gasteiger partial charge in [-0.1, -0.05) is 29.8 Å². The second kappa shape index (κ2) is 9.89. The molecule has 0 aromatic heterocycles. The first-order chi connectivity index (χ1) is 13.3. The number of nitrogens with one attached hydrogen (secondary N) is 1. The van der Waals surface area contributed by atoms with Crippen LogP contribution in [-0.4, -0.2) is 32.2 Å². The third-order valence-corrected chi connectivity index (χ3v) is 4.04. The lowest BCUT2D eigenvalue weighted by molar-refractivity contribution is -0.124. The Morgan fingerprint density at radius 2 is 1.86 bits per heavy atom. The summed E-state index contributed by atoms with van der Waals surface area (Å²) in [4.78, 5) is 24.1. The highest BCUT2D eigenvalue weighted by molar-refractivity contribution is 6.31. The van der Waals surface area contributed by atoms with E-state index in [1.807, 2.05) is 0 Å². The fourth-order valence-electron chi connectivity index (χ4n) is 2.39. The van der Waals surface area contributed by atoms with E-state index in [1.165, 1.54) is 19.2 Å². The summed E-state index contributed by atoms with van der Waals surface area (Å²) in [6.07, 6.45) is 0. The minimum Gasteiger partial charge on any atom is -0.493 e. The first-order valence-electron chi connectivity index (χ1n) is 8.15. The van der Waals surface area contributed by atoms with Crippen molar-refractivity contribution in [2.75, 3.05) is 13.7 Å². The largest absolute Gasteiger partial charge is 0.493 e. The zero-order valence-electron chi connectivity index (χ0n) is 15.1. The molecule has 2 aromatic rings. The van der Waals surface area contributed by atoms with Gasteiger partial charge in [-0.25, -0.2) is 4.79 Å². The topological polar surface area (TPSA) is 73.9 Å². The highest BCUT2D eigenvalue weighted by atomic mass is 35.5. The molecular formula is C19H18ClF2NO5. The van der Waals surface area contributed by atoms with Crippen LogP contribution >= 0.6 is 11.6 Å². The van der Waals surface area contributed by atoms with E-state index < -0.39 is 25.1 Å². The maximum Gasteiger partial charge on any atom is 0.387 e. The number of alkyl halides is 2. The summed E-state index contributed by atoms with van der Waals surface area (Å²) >= 11 is 6.08. The number of hydrogen-bond donors (Lipinski definition) is 1. The van der Waals surface area contributed by atoms with Crippen molar-refractivity contribution < 1.29 is 32.6 Å². The number of hydrogen-bond acceptors (Lipinski definition) is 5. The van der Waals surface area contributed by atoms with Crippen molar-refractivity contribution >= 4 is 23.5 Å². The van der Waals surface area contributed by atoms with Gasteiger partial charge >= 0.3 is 12.6 Å². The fourth-order valence-corrected chi connectivity index (χ4v) is 2.69. The molecule has 0 aliphatic rings. The van der Waals surface area contributed by atoms with Crippen molar-refractivity contribution in [1.29, 1.82) is 0 Å². The van der Waals surface area contributed by atoms with Crippen molar-refractivity contribution in [3.8, 4) is 11.5 Å². The van der Waals surface area contributed by atoms with Crippen LogP contribution in [0.5, 0.6) is 11.5 Å². The van der Waals surface area contributed by atoms with Crippen molar-refractivity contribution in [2.45, 2.75) is 19.6 Å². The van der Waals surface area contributed by atoms with Crippen LogP contribution in [0.3, 0.4) is 0 Å². The third-order valence-electron chi connectivity index (χ3n) is 3.70. The number of carbonyl (C=O) groups is 2. The maximum atomic E-state index is 12.3. The molecule has 0 radical (unpaired) electrons. The van der Waals surface area contributed by atoms with E-state index in [4.69, 9.17) is 21.1 Å². The predicted octanol–water partition coefficient (Wildman–Crippen LogP) is 3.98. The Kier molecular flexibility index (Phi) is 7.57. The van der Waals surface area contributed by atoms with E-state index in [1.54, 1.807) is 31.2 Å². The molecule has 1 atom stereocenters. The summed E-state index contributed by atoms with van der Waals surface area (Å²) in [6.45, 7) is -1.81. The second-order valence-electron chi connectivity index (χ2n) is 5.63. The first-order valence-corrected chi connectivity index (χ1v) is 8.53. The second-order valence-corrected chi connectivity index (χ2v) is 6.04. The highest BCUT2D eigenvalue weighted by Crippen LogP contribution is 2.29. The van der Waals surface area contributed by atoms with Crippen molar-refractivity contribution in [3.05, 3.63) is 58.6 Å². The SMILES string of the molecule is COc1cc(C(=O)OCC(=O)N[C@@H](C)c2ccccc2Cl)ccc1OC(F)F. The van der Waals surface area contributed by atoms with Gasteiger partial charge in [0.05, 0.1) is 18.7 Å². The average molecular weight is 414 g/mol. The number of carbonyl (C=O) groups excluding carboxylic acids is 2. The van der Waals surface area contributed by atoms with Crippen LogP contribution < -0.4 is 14.8 Å². The number of halogens is 3. The summed E-state index contributed by atoms with van der Waals surface area (Å²) in [5, 5.41) is 3.17. The number of esters is 1. The lowest BCUT2D eigenvalue weighted by Gasteiger charge is -2.16. The van der Waals surface area contributed by atoms with Gasteiger partial charge in [0.25, 0.3) is 5.91 Å². The van der Waals surface area contributed by atoms with Crippen LogP contribution in [0.25, 0.3) is 0 Å². The maximum absolute atomic E-state index is 12.3. The summed E-state index contributed by atoms with van der Waals surface area (Å²) in [5.74, 6) is -1.63. The van der Waals surface area contributed by atoms with Crippen molar-refractivity contribution in [1.82, 2.24) is 5.32 Å². The third kappa shape index (κ3) is 5.82. The number of rotatable bonds is 8. The quantitative estimate of drug-likeness (QED) is 0.662.